The highest BCUT2D eigenvalue weighted by Gasteiger charge is 2.15. The van der Waals surface area contributed by atoms with Gasteiger partial charge in [0.05, 0.1) is 19.4 Å². The largest absolute Gasteiger partial charge is 0.481 e. The topological polar surface area (TPSA) is 127 Å². The molecule has 0 aromatic heterocycles. The number of carboxylic acids is 2. The molecule has 0 heterocycles. The van der Waals surface area contributed by atoms with E-state index in [-0.39, 0.29) is 37.3 Å². The van der Waals surface area contributed by atoms with Gasteiger partial charge in [0, 0.05) is 19.3 Å². The summed E-state index contributed by atoms with van der Waals surface area (Å²) in [6, 6.07) is 0. The molecule has 0 bridgehead atoms. The summed E-state index contributed by atoms with van der Waals surface area (Å²) in [5, 5.41) is 16.9. The number of esters is 2. The van der Waals surface area contributed by atoms with E-state index in [2.05, 4.69) is 32.9 Å². The van der Waals surface area contributed by atoms with E-state index in [1.165, 1.54) is 109 Å². The predicted octanol–water partition coefficient (Wildman–Crippen LogP) is 14.3. The van der Waals surface area contributed by atoms with Crippen LogP contribution in [0.4, 0.5) is 0 Å². The van der Waals surface area contributed by atoms with Gasteiger partial charge in [0.1, 0.15) is 6.10 Å². The fraction of sp³-hybridized carbons (Fsp3) is 0.872. The van der Waals surface area contributed by atoms with Crippen molar-refractivity contribution in [2.75, 3.05) is 6.61 Å². The zero-order valence-corrected chi connectivity index (χ0v) is 36.2. The number of unbranched alkanes of at least 4 members (excludes halogenated alkanes) is 26. The molecule has 55 heavy (non-hydrogen) atoms. The van der Waals surface area contributed by atoms with Crippen LogP contribution in [0.25, 0.3) is 0 Å². The van der Waals surface area contributed by atoms with Gasteiger partial charge in [-0.25, -0.2) is 0 Å². The molecule has 0 spiro atoms. The molecule has 8 nitrogen and oxygen atoms in total. The van der Waals surface area contributed by atoms with Gasteiger partial charge in [0.15, 0.2) is 0 Å². The van der Waals surface area contributed by atoms with Crippen molar-refractivity contribution in [1.82, 2.24) is 0 Å². The van der Waals surface area contributed by atoms with Crippen molar-refractivity contribution in [2.24, 2.45) is 0 Å². The molecule has 0 saturated carbocycles. The Hall–Kier alpha value is -2.38. The van der Waals surface area contributed by atoms with E-state index in [9.17, 15) is 19.2 Å². The summed E-state index contributed by atoms with van der Waals surface area (Å²) in [5.41, 5.74) is 0. The number of carbonyl (C=O) groups excluding carboxylic acids is 2. The Morgan fingerprint density at radius 1 is 0.436 bits per heavy atom. The van der Waals surface area contributed by atoms with Crippen LogP contribution >= 0.6 is 0 Å². The minimum absolute atomic E-state index is 0.0782. The summed E-state index contributed by atoms with van der Waals surface area (Å²) in [4.78, 5) is 45.2. The summed E-state index contributed by atoms with van der Waals surface area (Å²) in [6.45, 7) is 7.02. The Morgan fingerprint density at radius 3 is 1.29 bits per heavy atom. The van der Waals surface area contributed by atoms with Gasteiger partial charge in [-0.05, 0) is 44.9 Å². The van der Waals surface area contributed by atoms with Gasteiger partial charge < -0.3 is 19.7 Å². The average Bonchev–Trinajstić information content (AvgIpc) is 3.16. The van der Waals surface area contributed by atoms with Crippen LogP contribution < -0.4 is 0 Å². The van der Waals surface area contributed by atoms with Crippen molar-refractivity contribution >= 4 is 23.9 Å². The van der Waals surface area contributed by atoms with Crippen LogP contribution in [-0.4, -0.2) is 46.8 Å². The van der Waals surface area contributed by atoms with E-state index in [4.69, 9.17) is 19.7 Å². The standard InChI is InChI=1S/C40H74O6.C7H14O2/c1-3-5-7-9-10-11-12-13-14-15-16-17-20-23-26-30-36-45-39(43)34-35-40(44)46-37(31-27-8-6-4-2)32-28-24-21-18-19-22-25-29-33-38(41)42;1-2-3-4-5-6-7(8)9/h24,28,37H,3-23,25-27,29-36H2,1-2H3,(H,41,42);2-6H2,1H3,(H,8,9)/b28-24-;/t37-;/m1./s1. The molecule has 0 amide bonds. The van der Waals surface area contributed by atoms with E-state index in [0.717, 1.165) is 89.9 Å². The van der Waals surface area contributed by atoms with E-state index < -0.39 is 11.9 Å². The maximum absolute atomic E-state index is 12.5. The molecule has 0 aliphatic heterocycles. The summed E-state index contributed by atoms with van der Waals surface area (Å²) in [6.07, 6.45) is 42.3. The first-order chi connectivity index (χ1) is 26.8. The van der Waals surface area contributed by atoms with Crippen molar-refractivity contribution in [3.63, 3.8) is 0 Å². The number of rotatable bonds is 41. The van der Waals surface area contributed by atoms with Crippen molar-refractivity contribution in [3.8, 4) is 0 Å². The highest BCUT2D eigenvalue weighted by Crippen LogP contribution is 2.16. The highest BCUT2D eigenvalue weighted by atomic mass is 16.5. The van der Waals surface area contributed by atoms with Gasteiger partial charge in [0.25, 0.3) is 0 Å². The first kappa shape index (κ1) is 54.7. The molecular formula is C47H88O8. The Kier molecular flexibility index (Phi) is 45.8. The van der Waals surface area contributed by atoms with Gasteiger partial charge in [-0.15, -0.1) is 0 Å². The molecule has 0 aromatic carbocycles. The lowest BCUT2D eigenvalue weighted by Crippen LogP contribution is -2.19. The second-order valence-electron chi connectivity index (χ2n) is 15.6. The number of carbonyl (C=O) groups is 4. The molecule has 0 radical (unpaired) electrons. The molecule has 1 atom stereocenters. The SMILES string of the molecule is CCCCCCC(=O)O.CCCCCCCCCCCCCCCCCCOC(=O)CCC(=O)O[C@@H](C/C=C\CCCCCCCC(=O)O)CCCCCC. The monoisotopic (exact) mass is 781 g/mol. The van der Waals surface area contributed by atoms with Gasteiger partial charge in [-0.3, -0.25) is 19.2 Å². The molecule has 324 valence electrons. The van der Waals surface area contributed by atoms with Crippen LogP contribution in [0.2, 0.25) is 0 Å². The fourth-order valence-corrected chi connectivity index (χ4v) is 6.52. The summed E-state index contributed by atoms with van der Waals surface area (Å²) >= 11 is 0. The summed E-state index contributed by atoms with van der Waals surface area (Å²) < 4.78 is 11.1. The molecular weight excluding hydrogens is 693 g/mol. The quantitative estimate of drug-likeness (QED) is 0.0357. The van der Waals surface area contributed by atoms with Crippen LogP contribution in [0.15, 0.2) is 12.2 Å². The first-order valence-corrected chi connectivity index (χ1v) is 23.2. The maximum Gasteiger partial charge on any atom is 0.306 e. The average molecular weight is 781 g/mol. The second-order valence-corrected chi connectivity index (χ2v) is 15.6. The molecule has 0 aromatic rings. The first-order valence-electron chi connectivity index (χ1n) is 23.2. The van der Waals surface area contributed by atoms with E-state index >= 15 is 0 Å². The molecule has 2 N–H and O–H groups in total. The minimum atomic E-state index is -0.714. The number of hydrogen-bond donors (Lipinski definition) is 2. The van der Waals surface area contributed by atoms with Crippen molar-refractivity contribution in [1.29, 1.82) is 0 Å². The van der Waals surface area contributed by atoms with Gasteiger partial charge in [-0.1, -0.05) is 187 Å². The lowest BCUT2D eigenvalue weighted by molar-refractivity contribution is -0.154. The number of hydrogen-bond acceptors (Lipinski definition) is 6. The normalized spacial score (nSPS) is 11.6. The summed E-state index contributed by atoms with van der Waals surface area (Å²) in [5.74, 6) is -2.01. The Bertz CT molecular complexity index is 886. The third-order valence-electron chi connectivity index (χ3n) is 10.0. The maximum atomic E-state index is 12.5. The number of carboxylic acid groups (broad SMARTS) is 2. The molecule has 0 aliphatic rings. The van der Waals surface area contributed by atoms with Crippen LogP contribution in [0.3, 0.4) is 0 Å². The smallest absolute Gasteiger partial charge is 0.306 e. The molecule has 0 saturated heterocycles. The van der Waals surface area contributed by atoms with Crippen molar-refractivity contribution in [3.05, 3.63) is 12.2 Å². The zero-order valence-electron chi connectivity index (χ0n) is 36.2. The minimum Gasteiger partial charge on any atom is -0.481 e. The molecule has 0 fully saturated rings. The van der Waals surface area contributed by atoms with Crippen molar-refractivity contribution in [2.45, 2.75) is 258 Å². The third-order valence-corrected chi connectivity index (χ3v) is 10.0. The summed E-state index contributed by atoms with van der Waals surface area (Å²) in [7, 11) is 0. The molecule has 8 heteroatoms. The van der Waals surface area contributed by atoms with Gasteiger partial charge in [0.2, 0.25) is 0 Å². The number of aliphatic carboxylic acids is 2. The van der Waals surface area contributed by atoms with Crippen LogP contribution in [0, 0.1) is 0 Å². The third kappa shape index (κ3) is 49.6. The molecule has 0 aliphatic carbocycles. The van der Waals surface area contributed by atoms with E-state index in [0.29, 0.717) is 19.4 Å². The van der Waals surface area contributed by atoms with Crippen LogP contribution in [0.5, 0.6) is 0 Å². The van der Waals surface area contributed by atoms with Gasteiger partial charge >= 0.3 is 23.9 Å². The van der Waals surface area contributed by atoms with E-state index in [1.54, 1.807) is 0 Å². The highest BCUT2D eigenvalue weighted by molar-refractivity contribution is 5.77. The Morgan fingerprint density at radius 2 is 0.818 bits per heavy atom. The van der Waals surface area contributed by atoms with Gasteiger partial charge in [-0.2, -0.15) is 0 Å². The lowest BCUT2D eigenvalue weighted by Gasteiger charge is -2.16. The molecule has 0 rings (SSSR count). The second kappa shape index (κ2) is 46.0. The molecule has 0 unspecified atom stereocenters. The van der Waals surface area contributed by atoms with E-state index in [1.807, 2.05) is 0 Å². The Labute approximate surface area is 338 Å². The number of allylic oxidation sites excluding steroid dienone is 1. The lowest BCUT2D eigenvalue weighted by atomic mass is 10.0. The fourth-order valence-electron chi connectivity index (χ4n) is 6.52. The van der Waals surface area contributed by atoms with Crippen LogP contribution in [-0.2, 0) is 28.7 Å². The van der Waals surface area contributed by atoms with Crippen molar-refractivity contribution < 1.29 is 38.9 Å². The van der Waals surface area contributed by atoms with Crippen LogP contribution in [0.1, 0.15) is 252 Å². The predicted molar refractivity (Wildman–Crippen MR) is 228 cm³/mol. The zero-order chi connectivity index (χ0) is 40.9. The number of ether oxygens (including phenoxy) is 2. The Balaban J connectivity index is 0.